The van der Waals surface area contributed by atoms with Crippen LogP contribution >= 0.6 is 0 Å². The van der Waals surface area contributed by atoms with Gasteiger partial charge in [0.05, 0.1) is 11.5 Å². The van der Waals surface area contributed by atoms with Crippen LogP contribution in [0.2, 0.25) is 0 Å². The molecule has 2 aromatic carbocycles. The maximum absolute atomic E-state index is 12.2. The smallest absolute Gasteiger partial charge is 0.240 e. The number of hydrogen-bond acceptors (Lipinski definition) is 4. The number of ether oxygens (including phenoxy) is 1. The van der Waals surface area contributed by atoms with Crippen molar-refractivity contribution in [3.05, 3.63) is 64.7 Å². The number of methoxy groups -OCH3 is 1. The summed E-state index contributed by atoms with van der Waals surface area (Å²) in [5, 5.41) is 6.56. The van der Waals surface area contributed by atoms with Crippen LogP contribution in [0, 0.1) is 13.8 Å². The monoisotopic (exact) mass is 432 g/mol. The third-order valence-corrected chi connectivity index (χ3v) is 5.98. The molecule has 0 atom stereocenters. The van der Waals surface area contributed by atoms with Crippen LogP contribution in [0.25, 0.3) is 0 Å². The van der Waals surface area contributed by atoms with Gasteiger partial charge in [-0.1, -0.05) is 41.5 Å². The van der Waals surface area contributed by atoms with Gasteiger partial charge in [-0.3, -0.25) is 4.99 Å². The lowest BCUT2D eigenvalue weighted by molar-refractivity contribution is 0.204. The molecule has 8 heteroatoms. The Balaban J connectivity index is 1.83. The lowest BCUT2D eigenvalue weighted by atomic mass is 10.1. The molecule has 0 aliphatic carbocycles. The molecule has 0 aliphatic heterocycles. The van der Waals surface area contributed by atoms with Crippen LogP contribution in [0.3, 0.4) is 0 Å². The molecule has 0 fully saturated rings. The number of aliphatic imine (C=N–C) groups is 1. The van der Waals surface area contributed by atoms with E-state index in [1.165, 1.54) is 23.8 Å². The van der Waals surface area contributed by atoms with E-state index in [1.807, 2.05) is 0 Å². The molecule has 0 aliphatic rings. The van der Waals surface area contributed by atoms with Crippen LogP contribution in [0.1, 0.15) is 22.3 Å². The first-order chi connectivity index (χ1) is 14.3. The maximum atomic E-state index is 12.2. The Kier molecular flexibility index (Phi) is 9.29. The van der Waals surface area contributed by atoms with Crippen molar-refractivity contribution in [2.24, 2.45) is 4.99 Å². The summed E-state index contributed by atoms with van der Waals surface area (Å²) in [6.07, 6.45) is 0.909. The summed E-state index contributed by atoms with van der Waals surface area (Å²) in [7, 11) is -0.257. The SMILES string of the molecule is CN=C(NCCc1cc(C)cc(C)c1)NCc1ccc(S(=O)(=O)NCCOC)cc1. The summed E-state index contributed by atoms with van der Waals surface area (Å²) in [6.45, 7) is 6.10. The largest absolute Gasteiger partial charge is 0.383 e. The van der Waals surface area contributed by atoms with E-state index in [1.54, 1.807) is 31.3 Å². The van der Waals surface area contributed by atoms with Gasteiger partial charge in [0.15, 0.2) is 5.96 Å². The highest BCUT2D eigenvalue weighted by Crippen LogP contribution is 2.11. The average Bonchev–Trinajstić information content (AvgIpc) is 2.70. The molecule has 0 amide bonds. The molecule has 0 saturated heterocycles. The zero-order chi connectivity index (χ0) is 22.0. The lowest BCUT2D eigenvalue weighted by Crippen LogP contribution is -2.37. The normalized spacial score (nSPS) is 12.1. The van der Waals surface area contributed by atoms with Gasteiger partial charge >= 0.3 is 0 Å². The summed E-state index contributed by atoms with van der Waals surface area (Å²) >= 11 is 0. The molecule has 0 heterocycles. The van der Waals surface area contributed by atoms with Crippen molar-refractivity contribution in [1.29, 1.82) is 0 Å². The molecule has 2 rings (SSSR count). The first kappa shape index (κ1) is 23.9. The summed E-state index contributed by atoms with van der Waals surface area (Å²) < 4.78 is 31.8. The highest BCUT2D eigenvalue weighted by molar-refractivity contribution is 7.89. The van der Waals surface area contributed by atoms with Crippen LogP contribution < -0.4 is 15.4 Å². The number of guanidine groups is 1. The molecular formula is C22H32N4O3S. The van der Waals surface area contributed by atoms with Crippen LogP contribution in [-0.2, 0) is 27.7 Å². The van der Waals surface area contributed by atoms with Gasteiger partial charge < -0.3 is 15.4 Å². The fourth-order valence-electron chi connectivity index (χ4n) is 3.09. The molecule has 30 heavy (non-hydrogen) atoms. The molecule has 164 valence electrons. The Labute approximate surface area is 180 Å². The number of aryl methyl sites for hydroxylation is 2. The van der Waals surface area contributed by atoms with Gasteiger partial charge in [0, 0.05) is 33.8 Å². The minimum atomic E-state index is -3.52. The summed E-state index contributed by atoms with van der Waals surface area (Å²) in [5.74, 6) is 0.706. The molecular weight excluding hydrogens is 400 g/mol. The second kappa shape index (κ2) is 11.7. The molecule has 0 saturated carbocycles. The third-order valence-electron chi connectivity index (χ3n) is 4.50. The van der Waals surface area contributed by atoms with Gasteiger partial charge in [0.1, 0.15) is 0 Å². The van der Waals surface area contributed by atoms with E-state index in [0.29, 0.717) is 19.1 Å². The van der Waals surface area contributed by atoms with Crippen molar-refractivity contribution in [1.82, 2.24) is 15.4 Å². The van der Waals surface area contributed by atoms with E-state index in [2.05, 4.69) is 52.4 Å². The predicted octanol–water partition coefficient (Wildman–Crippen LogP) is 2.14. The Morgan fingerprint density at radius 2 is 1.63 bits per heavy atom. The first-order valence-corrected chi connectivity index (χ1v) is 11.4. The summed E-state index contributed by atoms with van der Waals surface area (Å²) in [6, 6.07) is 13.4. The van der Waals surface area contributed by atoms with Crippen molar-refractivity contribution in [3.8, 4) is 0 Å². The Hall–Kier alpha value is -2.42. The predicted molar refractivity (Wildman–Crippen MR) is 121 cm³/mol. The van der Waals surface area contributed by atoms with E-state index in [9.17, 15) is 8.42 Å². The average molecular weight is 433 g/mol. The maximum Gasteiger partial charge on any atom is 0.240 e. The van der Waals surface area contributed by atoms with E-state index in [0.717, 1.165) is 18.5 Å². The fourth-order valence-corrected chi connectivity index (χ4v) is 4.11. The standard InChI is InChI=1S/C22H32N4O3S/c1-17-13-18(2)15-20(14-17)9-10-24-22(23-3)25-16-19-5-7-21(8-6-19)30(27,28)26-11-12-29-4/h5-8,13-15,26H,9-12,16H2,1-4H3,(H2,23,24,25). The van der Waals surface area contributed by atoms with E-state index in [-0.39, 0.29) is 11.4 Å². The minimum Gasteiger partial charge on any atom is -0.383 e. The second-order valence-electron chi connectivity index (χ2n) is 7.13. The summed E-state index contributed by atoms with van der Waals surface area (Å²) in [4.78, 5) is 4.48. The zero-order valence-corrected chi connectivity index (χ0v) is 19.0. The quantitative estimate of drug-likeness (QED) is 0.304. The molecule has 0 bridgehead atoms. The number of benzene rings is 2. The van der Waals surface area contributed by atoms with Gasteiger partial charge in [-0.2, -0.15) is 0 Å². The Morgan fingerprint density at radius 3 is 2.23 bits per heavy atom. The molecule has 3 N–H and O–H groups in total. The van der Waals surface area contributed by atoms with Crippen molar-refractivity contribution in [2.45, 2.75) is 31.7 Å². The first-order valence-electron chi connectivity index (χ1n) is 9.93. The zero-order valence-electron chi connectivity index (χ0n) is 18.2. The third kappa shape index (κ3) is 7.78. The van der Waals surface area contributed by atoms with Crippen molar-refractivity contribution >= 4 is 16.0 Å². The van der Waals surface area contributed by atoms with E-state index in [4.69, 9.17) is 4.74 Å². The van der Waals surface area contributed by atoms with Crippen LogP contribution in [0.4, 0.5) is 0 Å². The number of rotatable bonds is 10. The van der Waals surface area contributed by atoms with Gasteiger partial charge in [-0.25, -0.2) is 13.1 Å². The van der Waals surface area contributed by atoms with E-state index >= 15 is 0 Å². The molecule has 0 aromatic heterocycles. The molecule has 0 spiro atoms. The number of nitrogens with zero attached hydrogens (tertiary/aromatic N) is 1. The number of nitrogens with one attached hydrogen (secondary N) is 3. The number of sulfonamides is 1. The van der Waals surface area contributed by atoms with Crippen molar-refractivity contribution in [2.75, 3.05) is 33.9 Å². The Bertz CT molecular complexity index is 921. The highest BCUT2D eigenvalue weighted by Gasteiger charge is 2.12. The van der Waals surface area contributed by atoms with E-state index < -0.39 is 10.0 Å². The second-order valence-corrected chi connectivity index (χ2v) is 8.90. The van der Waals surface area contributed by atoms with Gasteiger partial charge in [-0.05, 0) is 43.5 Å². The minimum absolute atomic E-state index is 0.235. The summed E-state index contributed by atoms with van der Waals surface area (Å²) in [5.41, 5.74) is 4.80. The topological polar surface area (TPSA) is 91.8 Å². The van der Waals surface area contributed by atoms with Crippen molar-refractivity contribution in [3.63, 3.8) is 0 Å². The van der Waals surface area contributed by atoms with Gasteiger partial charge in [0.2, 0.25) is 10.0 Å². The van der Waals surface area contributed by atoms with Crippen LogP contribution in [0.15, 0.2) is 52.4 Å². The van der Waals surface area contributed by atoms with Crippen LogP contribution in [-0.4, -0.2) is 48.2 Å². The molecule has 2 aromatic rings. The van der Waals surface area contributed by atoms with Gasteiger partial charge in [-0.15, -0.1) is 0 Å². The molecule has 0 unspecified atom stereocenters. The van der Waals surface area contributed by atoms with Crippen LogP contribution in [0.5, 0.6) is 0 Å². The number of hydrogen-bond donors (Lipinski definition) is 3. The highest BCUT2D eigenvalue weighted by atomic mass is 32.2. The molecule has 7 nitrogen and oxygen atoms in total. The molecule has 0 radical (unpaired) electrons. The van der Waals surface area contributed by atoms with Crippen molar-refractivity contribution < 1.29 is 13.2 Å². The van der Waals surface area contributed by atoms with Gasteiger partial charge in [0.25, 0.3) is 0 Å². The fraction of sp³-hybridized carbons (Fsp3) is 0.409. The lowest BCUT2D eigenvalue weighted by Gasteiger charge is -2.13. The Morgan fingerprint density at radius 1 is 0.967 bits per heavy atom.